The number of anilines is 1. The molecule has 1 unspecified atom stereocenters. The smallest absolute Gasteiger partial charge is 0.171 e. The summed E-state index contributed by atoms with van der Waals surface area (Å²) >= 11 is 0. The maximum Gasteiger partial charge on any atom is 0.171 e. The van der Waals surface area contributed by atoms with Crippen LogP contribution in [0.3, 0.4) is 0 Å². The van der Waals surface area contributed by atoms with Gasteiger partial charge in [0.2, 0.25) is 0 Å². The van der Waals surface area contributed by atoms with Crippen molar-refractivity contribution in [3.8, 4) is 11.1 Å². The van der Waals surface area contributed by atoms with E-state index in [0.717, 1.165) is 70.3 Å². The van der Waals surface area contributed by atoms with Crippen molar-refractivity contribution in [1.29, 1.82) is 0 Å². The second-order valence-corrected chi connectivity index (χ2v) is 12.9. The van der Waals surface area contributed by atoms with Gasteiger partial charge in [0.25, 0.3) is 0 Å². The Morgan fingerprint density at radius 2 is 1.78 bits per heavy atom. The lowest BCUT2D eigenvalue weighted by Crippen LogP contribution is -2.19. The highest BCUT2D eigenvalue weighted by molar-refractivity contribution is 7.94. The number of nitrogens with zero attached hydrogens (tertiary/aromatic N) is 2. The summed E-state index contributed by atoms with van der Waals surface area (Å²) in [7, 11) is 2.60. The first-order valence-corrected chi connectivity index (χ1v) is 16.0. The molecule has 0 amide bonds. The molecule has 2 aromatic rings. The number of aliphatic imine (C=N–C) groups is 1. The molecule has 5 nitrogen and oxygen atoms in total. The topological polar surface area (TPSA) is 61.8 Å². The molecule has 0 aliphatic rings. The van der Waals surface area contributed by atoms with E-state index in [-0.39, 0.29) is 6.04 Å². The van der Waals surface area contributed by atoms with Crippen LogP contribution < -0.4 is 5.32 Å². The van der Waals surface area contributed by atoms with E-state index < -0.39 is 9.84 Å². The van der Waals surface area contributed by atoms with Gasteiger partial charge >= 0.3 is 0 Å². The summed E-state index contributed by atoms with van der Waals surface area (Å²) in [5.74, 6) is 0. The monoisotopic (exact) mass is 573 g/mol. The molecule has 41 heavy (non-hydrogen) atoms. The van der Waals surface area contributed by atoms with Gasteiger partial charge in [-0.3, -0.25) is 4.99 Å². The molecule has 2 rings (SSSR count). The van der Waals surface area contributed by atoms with Crippen LogP contribution >= 0.6 is 0 Å². The van der Waals surface area contributed by atoms with Gasteiger partial charge in [0, 0.05) is 67.6 Å². The van der Waals surface area contributed by atoms with Crippen molar-refractivity contribution in [3.05, 3.63) is 102 Å². The largest absolute Gasteiger partial charge is 0.383 e. The number of rotatable bonds is 16. The minimum atomic E-state index is -3.18. The molecule has 0 saturated carbocycles. The number of allylic oxidation sites excluding steroid dienone is 6. The van der Waals surface area contributed by atoms with Gasteiger partial charge in [-0.2, -0.15) is 0 Å². The summed E-state index contributed by atoms with van der Waals surface area (Å²) in [5.41, 5.74) is 8.41. The normalized spacial score (nSPS) is 13.2. The Kier molecular flexibility index (Phi) is 13.1. The lowest BCUT2D eigenvalue weighted by Gasteiger charge is -2.22. The Balaban J connectivity index is 2.48. The highest BCUT2D eigenvalue weighted by atomic mass is 32.2. The first kappa shape index (κ1) is 33.6. The van der Waals surface area contributed by atoms with Gasteiger partial charge in [-0.25, -0.2) is 8.42 Å². The number of hydrogen-bond donors (Lipinski definition) is 1. The van der Waals surface area contributed by atoms with E-state index in [0.29, 0.717) is 11.3 Å². The van der Waals surface area contributed by atoms with Gasteiger partial charge < -0.3 is 10.2 Å². The fraction of sp³-hybridized carbons (Fsp3) is 0.343. The molecule has 0 aromatic heterocycles. The Morgan fingerprint density at radius 1 is 1.07 bits per heavy atom. The zero-order valence-corrected chi connectivity index (χ0v) is 26.5. The minimum Gasteiger partial charge on any atom is -0.383 e. The molecule has 6 heteroatoms. The predicted octanol–water partition coefficient (Wildman–Crippen LogP) is 8.41. The van der Waals surface area contributed by atoms with E-state index in [9.17, 15) is 8.42 Å². The molecule has 0 aliphatic heterocycles. The van der Waals surface area contributed by atoms with E-state index in [4.69, 9.17) is 0 Å². The zero-order valence-electron chi connectivity index (χ0n) is 25.7. The summed E-state index contributed by atoms with van der Waals surface area (Å²) in [5, 5.41) is 3.81. The number of hydrogen-bond acceptors (Lipinski definition) is 5. The summed E-state index contributed by atoms with van der Waals surface area (Å²) in [6.45, 7) is 16.0. The van der Waals surface area contributed by atoms with Gasteiger partial charge in [-0.15, -0.1) is 0 Å². The SMILES string of the molecule is C=C/C(=C\N(C)C)c1cccc(-c2ccc(C(/C=N\C)=C/C(=C)C)c(NC(CC)CCCCC(=C)S(C)(=O)=O)c2)c1. The molecule has 0 spiro atoms. The van der Waals surface area contributed by atoms with Crippen LogP contribution in [0.4, 0.5) is 5.69 Å². The van der Waals surface area contributed by atoms with E-state index >= 15 is 0 Å². The highest BCUT2D eigenvalue weighted by Crippen LogP contribution is 2.33. The third-order valence-corrected chi connectivity index (χ3v) is 8.03. The number of unbranched alkanes of at least 4 members (excludes halogenated alkanes) is 1. The Labute approximate surface area is 248 Å². The van der Waals surface area contributed by atoms with Crippen molar-refractivity contribution in [1.82, 2.24) is 4.90 Å². The van der Waals surface area contributed by atoms with Crippen LogP contribution in [-0.4, -0.2) is 53.0 Å². The van der Waals surface area contributed by atoms with Crippen LogP contribution in [0.15, 0.2) is 96.0 Å². The van der Waals surface area contributed by atoms with E-state index in [1.807, 2.05) is 44.3 Å². The van der Waals surface area contributed by atoms with Gasteiger partial charge in [0.05, 0.1) is 0 Å². The second-order valence-electron chi connectivity index (χ2n) is 10.7. The van der Waals surface area contributed by atoms with Crippen LogP contribution in [-0.2, 0) is 9.84 Å². The lowest BCUT2D eigenvalue weighted by atomic mass is 9.94. The van der Waals surface area contributed by atoms with Crippen molar-refractivity contribution in [2.45, 2.75) is 52.0 Å². The van der Waals surface area contributed by atoms with Crippen LogP contribution in [0.5, 0.6) is 0 Å². The van der Waals surface area contributed by atoms with Gasteiger partial charge in [0.15, 0.2) is 9.84 Å². The van der Waals surface area contributed by atoms with Crippen LogP contribution in [0.25, 0.3) is 22.3 Å². The molecule has 0 bridgehead atoms. The Morgan fingerprint density at radius 3 is 2.37 bits per heavy atom. The highest BCUT2D eigenvalue weighted by Gasteiger charge is 2.15. The minimum absolute atomic E-state index is 0.224. The third kappa shape index (κ3) is 10.7. The van der Waals surface area contributed by atoms with Crippen molar-refractivity contribution in [3.63, 3.8) is 0 Å². The van der Waals surface area contributed by atoms with Crippen molar-refractivity contribution in [2.75, 3.05) is 32.7 Å². The van der Waals surface area contributed by atoms with Crippen LogP contribution in [0, 0.1) is 0 Å². The Bertz CT molecular complexity index is 1430. The average molecular weight is 574 g/mol. The molecule has 1 N–H and O–H groups in total. The molecule has 0 aliphatic carbocycles. The summed E-state index contributed by atoms with van der Waals surface area (Å²) in [4.78, 5) is 6.64. The van der Waals surface area contributed by atoms with Crippen molar-refractivity contribution in [2.24, 2.45) is 4.99 Å². The fourth-order valence-electron chi connectivity index (χ4n) is 4.58. The number of sulfone groups is 1. The first-order valence-electron chi connectivity index (χ1n) is 14.1. The summed E-state index contributed by atoms with van der Waals surface area (Å²) in [6, 6.07) is 15.2. The molecule has 220 valence electrons. The average Bonchev–Trinajstić information content (AvgIpc) is 2.92. The van der Waals surface area contributed by atoms with E-state index in [1.165, 1.54) is 6.26 Å². The first-order chi connectivity index (χ1) is 19.4. The maximum atomic E-state index is 11.7. The van der Waals surface area contributed by atoms with Gasteiger partial charge in [-0.1, -0.05) is 81.1 Å². The standard InChI is InChI=1S/C35H47N3O2S/c1-10-28(25-38(7)8)29-16-14-17-30(22-29)31-19-20-34(32(24-36-6)21-26(3)4)35(23-31)37-33(11-2)18-13-12-15-27(5)41(9,39)40/h10,14,16-17,19-25,33,37H,1,3,5,11-13,15,18H2,2,4,6-9H3/b28-25+,32-21+,36-24-. The van der Waals surface area contributed by atoms with E-state index in [2.05, 4.69) is 85.6 Å². The molecule has 0 fully saturated rings. The molecule has 1 atom stereocenters. The second kappa shape index (κ2) is 16.0. The molecule has 0 heterocycles. The summed E-state index contributed by atoms with van der Waals surface area (Å²) in [6.07, 6.45) is 13.1. The zero-order chi connectivity index (χ0) is 30.6. The third-order valence-electron chi connectivity index (χ3n) is 6.78. The van der Waals surface area contributed by atoms with Crippen molar-refractivity contribution >= 4 is 32.9 Å². The van der Waals surface area contributed by atoms with Crippen LogP contribution in [0.1, 0.15) is 57.1 Å². The van der Waals surface area contributed by atoms with E-state index in [1.54, 1.807) is 7.05 Å². The Hall–Kier alpha value is -3.64. The molecular weight excluding hydrogens is 526 g/mol. The van der Waals surface area contributed by atoms with Gasteiger partial charge in [-0.05, 0) is 67.0 Å². The van der Waals surface area contributed by atoms with Crippen molar-refractivity contribution < 1.29 is 8.42 Å². The fourth-order valence-corrected chi connectivity index (χ4v) is 5.10. The molecular formula is C35H47N3O2S. The van der Waals surface area contributed by atoms with Crippen LogP contribution in [0.2, 0.25) is 0 Å². The predicted molar refractivity (Wildman–Crippen MR) is 181 cm³/mol. The summed E-state index contributed by atoms with van der Waals surface area (Å²) < 4.78 is 23.4. The van der Waals surface area contributed by atoms with Gasteiger partial charge in [0.1, 0.15) is 0 Å². The lowest BCUT2D eigenvalue weighted by molar-refractivity contribution is 0.566. The molecule has 0 saturated heterocycles. The quantitative estimate of drug-likeness (QED) is 0.124. The number of nitrogens with one attached hydrogen (secondary N) is 1. The maximum absolute atomic E-state index is 11.7. The molecule has 2 aromatic carbocycles. The number of benzene rings is 2. The molecule has 0 radical (unpaired) electrons.